The minimum absolute atomic E-state index is 0.321. The highest BCUT2D eigenvalue weighted by molar-refractivity contribution is 9.11. The average molecular weight is 296 g/mol. The number of aryl methyl sites for hydroxylation is 1. The lowest BCUT2D eigenvalue weighted by Crippen LogP contribution is -1.67. The number of nitrogens with zero attached hydrogens (tertiary/aromatic N) is 2. The molecule has 0 aliphatic carbocycles. The molecule has 0 radical (unpaired) electrons. The van der Waals surface area contributed by atoms with Crippen molar-refractivity contribution in [1.82, 2.24) is 9.36 Å². The van der Waals surface area contributed by atoms with Gasteiger partial charge >= 0.3 is 0 Å². The van der Waals surface area contributed by atoms with Crippen LogP contribution >= 0.6 is 50.4 Å². The Labute approximate surface area is 96.9 Å². The van der Waals surface area contributed by atoms with Gasteiger partial charge in [0.25, 0.3) is 0 Å². The maximum atomic E-state index is 5.64. The largest absolute Gasteiger partial charge is 0.234 e. The van der Waals surface area contributed by atoms with Crippen LogP contribution in [-0.4, -0.2) is 9.36 Å². The van der Waals surface area contributed by atoms with E-state index in [0.29, 0.717) is 5.28 Å². The van der Waals surface area contributed by atoms with Gasteiger partial charge in [-0.3, -0.25) is 0 Å². The first kappa shape index (κ1) is 9.58. The molecular formula is C7H4BrClN2S2. The maximum absolute atomic E-state index is 5.64. The molecule has 2 aromatic heterocycles. The van der Waals surface area contributed by atoms with E-state index in [-0.39, 0.29) is 0 Å². The van der Waals surface area contributed by atoms with Gasteiger partial charge in [-0.1, -0.05) is 0 Å². The van der Waals surface area contributed by atoms with Gasteiger partial charge < -0.3 is 0 Å². The van der Waals surface area contributed by atoms with Crippen molar-refractivity contribution < 1.29 is 0 Å². The summed E-state index contributed by atoms with van der Waals surface area (Å²) in [5, 5.41) is 1.20. The molecule has 0 N–H and O–H groups in total. The Balaban J connectivity index is 2.46. The third-order valence-corrected chi connectivity index (χ3v) is 4.76. The summed E-state index contributed by atoms with van der Waals surface area (Å²) in [6.45, 7) is 2.05. The zero-order valence-electron chi connectivity index (χ0n) is 6.54. The highest BCUT2D eigenvalue weighted by Crippen LogP contribution is 2.35. The summed E-state index contributed by atoms with van der Waals surface area (Å²) in [6.07, 6.45) is 0. The lowest BCUT2D eigenvalue weighted by molar-refractivity contribution is 1.33. The molecule has 2 rings (SSSR count). The monoisotopic (exact) mass is 294 g/mol. The Morgan fingerprint density at radius 2 is 2.31 bits per heavy atom. The van der Waals surface area contributed by atoms with Crippen LogP contribution in [0.5, 0.6) is 0 Å². The van der Waals surface area contributed by atoms with Gasteiger partial charge in [0.1, 0.15) is 0 Å². The minimum atomic E-state index is 0.321. The zero-order chi connectivity index (χ0) is 9.42. The SMILES string of the molecule is Cc1cc(-c2nc(Cl)ns2)sc1Br. The van der Waals surface area contributed by atoms with Gasteiger partial charge in [-0.15, -0.1) is 11.3 Å². The minimum Gasteiger partial charge on any atom is -0.204 e. The van der Waals surface area contributed by atoms with E-state index in [1.807, 2.05) is 6.92 Å². The van der Waals surface area contributed by atoms with Crippen molar-refractivity contribution in [3.63, 3.8) is 0 Å². The van der Waals surface area contributed by atoms with Crippen molar-refractivity contribution in [2.24, 2.45) is 0 Å². The molecule has 2 heterocycles. The molecule has 0 unspecified atom stereocenters. The van der Waals surface area contributed by atoms with Crippen LogP contribution < -0.4 is 0 Å². The number of halogens is 2. The Morgan fingerprint density at radius 3 is 2.77 bits per heavy atom. The molecule has 0 bridgehead atoms. The quantitative estimate of drug-likeness (QED) is 0.795. The molecule has 68 valence electrons. The van der Waals surface area contributed by atoms with E-state index < -0.39 is 0 Å². The van der Waals surface area contributed by atoms with Crippen molar-refractivity contribution in [1.29, 1.82) is 0 Å². The van der Waals surface area contributed by atoms with E-state index in [2.05, 4.69) is 31.4 Å². The molecule has 0 atom stereocenters. The number of thiophene rings is 1. The Bertz CT molecular complexity index is 418. The Morgan fingerprint density at radius 1 is 1.54 bits per heavy atom. The lowest BCUT2D eigenvalue weighted by Gasteiger charge is -1.83. The third-order valence-electron chi connectivity index (χ3n) is 1.47. The summed E-state index contributed by atoms with van der Waals surface area (Å²) in [6, 6.07) is 2.07. The molecule has 0 aliphatic rings. The first-order valence-corrected chi connectivity index (χ1v) is 6.18. The second-order valence-corrected chi connectivity index (χ2v) is 5.90. The third kappa shape index (κ3) is 1.93. The lowest BCUT2D eigenvalue weighted by atomic mass is 10.3. The summed E-state index contributed by atoms with van der Waals surface area (Å²) in [7, 11) is 0. The summed E-state index contributed by atoms with van der Waals surface area (Å²) >= 11 is 12.1. The van der Waals surface area contributed by atoms with Crippen LogP contribution in [-0.2, 0) is 0 Å². The fraction of sp³-hybridized carbons (Fsp3) is 0.143. The van der Waals surface area contributed by atoms with E-state index in [1.54, 1.807) is 11.3 Å². The normalized spacial score (nSPS) is 10.7. The number of hydrogen-bond donors (Lipinski definition) is 0. The second kappa shape index (κ2) is 3.65. The number of rotatable bonds is 1. The summed E-state index contributed by atoms with van der Waals surface area (Å²) in [5.41, 5.74) is 1.21. The van der Waals surface area contributed by atoms with Crippen molar-refractivity contribution in [3.8, 4) is 9.88 Å². The van der Waals surface area contributed by atoms with Gasteiger partial charge in [0.05, 0.1) is 8.66 Å². The standard InChI is InChI=1S/C7H4BrClN2S2/c1-3-2-4(12-5(3)8)6-10-7(9)11-13-6/h2H,1H3. The smallest absolute Gasteiger partial charge is 0.204 e. The molecule has 0 amide bonds. The molecular weight excluding hydrogens is 292 g/mol. The predicted molar refractivity (Wildman–Crippen MR) is 60.7 cm³/mol. The molecule has 13 heavy (non-hydrogen) atoms. The second-order valence-electron chi connectivity index (χ2n) is 2.44. The van der Waals surface area contributed by atoms with Gasteiger partial charge in [0.2, 0.25) is 5.28 Å². The molecule has 0 saturated heterocycles. The number of aromatic nitrogens is 2. The summed E-state index contributed by atoms with van der Waals surface area (Å²) in [4.78, 5) is 5.20. The van der Waals surface area contributed by atoms with Crippen LogP contribution in [0.25, 0.3) is 9.88 Å². The predicted octanol–water partition coefficient (Wildman–Crippen LogP) is 3.99. The van der Waals surface area contributed by atoms with E-state index in [9.17, 15) is 0 Å². The zero-order valence-corrected chi connectivity index (χ0v) is 10.5. The van der Waals surface area contributed by atoms with Gasteiger partial charge in [-0.2, -0.15) is 4.37 Å². The van der Waals surface area contributed by atoms with Gasteiger partial charge in [-0.25, -0.2) is 4.98 Å². The average Bonchev–Trinajstić information content (AvgIpc) is 2.61. The van der Waals surface area contributed by atoms with Crippen LogP contribution in [0.15, 0.2) is 9.85 Å². The van der Waals surface area contributed by atoms with Crippen LogP contribution in [0, 0.1) is 6.92 Å². The van der Waals surface area contributed by atoms with Gasteiger partial charge in [-0.05, 0) is 57.6 Å². The van der Waals surface area contributed by atoms with Crippen molar-refractivity contribution in [2.45, 2.75) is 6.92 Å². The van der Waals surface area contributed by atoms with Crippen molar-refractivity contribution >= 4 is 50.4 Å². The van der Waals surface area contributed by atoms with Crippen LogP contribution in [0.3, 0.4) is 0 Å². The summed E-state index contributed by atoms with van der Waals surface area (Å²) in [5.74, 6) is 0. The van der Waals surface area contributed by atoms with Crippen molar-refractivity contribution in [3.05, 3.63) is 20.7 Å². The van der Waals surface area contributed by atoms with E-state index in [0.717, 1.165) is 13.7 Å². The first-order valence-electron chi connectivity index (χ1n) is 3.42. The molecule has 0 aromatic carbocycles. The molecule has 0 saturated carbocycles. The van der Waals surface area contributed by atoms with Crippen LogP contribution in [0.4, 0.5) is 0 Å². The van der Waals surface area contributed by atoms with E-state index in [4.69, 9.17) is 11.6 Å². The fourth-order valence-electron chi connectivity index (χ4n) is 0.871. The highest BCUT2D eigenvalue weighted by Gasteiger charge is 2.09. The van der Waals surface area contributed by atoms with Gasteiger partial charge in [0.15, 0.2) is 5.01 Å². The Kier molecular flexibility index (Phi) is 2.69. The molecule has 0 spiro atoms. The fourth-order valence-corrected chi connectivity index (χ4v) is 3.24. The topological polar surface area (TPSA) is 25.8 Å². The van der Waals surface area contributed by atoms with Crippen LogP contribution in [0.2, 0.25) is 5.28 Å². The van der Waals surface area contributed by atoms with E-state index >= 15 is 0 Å². The highest BCUT2D eigenvalue weighted by atomic mass is 79.9. The molecule has 6 heteroatoms. The molecule has 0 aliphatic heterocycles. The van der Waals surface area contributed by atoms with E-state index in [1.165, 1.54) is 17.1 Å². The van der Waals surface area contributed by atoms with Crippen LogP contribution in [0.1, 0.15) is 5.56 Å². The van der Waals surface area contributed by atoms with Gasteiger partial charge in [0, 0.05) is 0 Å². The first-order chi connectivity index (χ1) is 6.16. The molecule has 2 aromatic rings. The number of hydrogen-bond acceptors (Lipinski definition) is 4. The summed E-state index contributed by atoms with van der Waals surface area (Å²) < 4.78 is 5.05. The Hall–Kier alpha value is 0.0300. The molecule has 0 fully saturated rings. The maximum Gasteiger partial charge on any atom is 0.234 e. The molecule has 2 nitrogen and oxygen atoms in total. The van der Waals surface area contributed by atoms with Crippen molar-refractivity contribution in [2.75, 3.05) is 0 Å².